The lowest BCUT2D eigenvalue weighted by atomic mass is 9.97. The van der Waals surface area contributed by atoms with Crippen LogP contribution in [0.25, 0.3) is 5.57 Å². The summed E-state index contributed by atoms with van der Waals surface area (Å²) < 4.78 is 5.77. The minimum Gasteiger partial charge on any atom is -0.491 e. The quantitative estimate of drug-likeness (QED) is 0.541. The summed E-state index contributed by atoms with van der Waals surface area (Å²) in [6.45, 7) is 12.0. The molecule has 0 spiro atoms. The fourth-order valence-electron chi connectivity index (χ4n) is 4.68. The first-order chi connectivity index (χ1) is 15.8. The highest BCUT2D eigenvalue weighted by Crippen LogP contribution is 2.37. The summed E-state index contributed by atoms with van der Waals surface area (Å²) in [5.41, 5.74) is 3.55. The molecule has 1 unspecified atom stereocenters. The summed E-state index contributed by atoms with van der Waals surface area (Å²) in [6, 6.07) is 15.3. The van der Waals surface area contributed by atoms with E-state index < -0.39 is 0 Å². The van der Waals surface area contributed by atoms with Gasteiger partial charge in [-0.25, -0.2) is 4.90 Å². The van der Waals surface area contributed by atoms with E-state index in [9.17, 15) is 9.59 Å². The average molecular weight is 447 g/mol. The van der Waals surface area contributed by atoms with Crippen molar-refractivity contribution in [1.82, 2.24) is 4.90 Å². The van der Waals surface area contributed by atoms with Crippen LogP contribution in [0.3, 0.4) is 0 Å². The van der Waals surface area contributed by atoms with Crippen molar-refractivity contribution in [1.29, 1.82) is 0 Å². The molecule has 2 heterocycles. The molecule has 2 aliphatic heterocycles. The lowest BCUT2D eigenvalue weighted by molar-refractivity contribution is -0.120. The van der Waals surface area contributed by atoms with Crippen LogP contribution < -0.4 is 9.64 Å². The normalized spacial score (nSPS) is 19.3. The second-order valence-corrected chi connectivity index (χ2v) is 9.80. The number of carbonyl (C=O) groups is 2. The predicted octanol–water partition coefficient (Wildman–Crippen LogP) is 5.61. The predicted molar refractivity (Wildman–Crippen MR) is 132 cm³/mol. The Kier molecular flexibility index (Phi) is 6.59. The van der Waals surface area contributed by atoms with Crippen molar-refractivity contribution in [3.8, 4) is 5.75 Å². The van der Waals surface area contributed by atoms with Crippen LogP contribution in [0.15, 0.2) is 54.2 Å². The highest BCUT2D eigenvalue weighted by molar-refractivity contribution is 6.45. The number of benzene rings is 2. The van der Waals surface area contributed by atoms with E-state index in [1.807, 2.05) is 62.4 Å². The second kappa shape index (κ2) is 9.42. The summed E-state index contributed by atoms with van der Waals surface area (Å²) >= 11 is 0. The van der Waals surface area contributed by atoms with Gasteiger partial charge in [-0.3, -0.25) is 9.59 Å². The Balaban J connectivity index is 1.74. The molecule has 2 amide bonds. The van der Waals surface area contributed by atoms with Gasteiger partial charge in [0.25, 0.3) is 11.8 Å². The van der Waals surface area contributed by atoms with Gasteiger partial charge in [-0.1, -0.05) is 45.0 Å². The zero-order chi connectivity index (χ0) is 23.7. The first-order valence-electron chi connectivity index (χ1n) is 12.0. The Morgan fingerprint density at radius 3 is 2.15 bits per heavy atom. The van der Waals surface area contributed by atoms with Crippen LogP contribution in [0.5, 0.6) is 5.75 Å². The molecule has 1 fully saturated rings. The van der Waals surface area contributed by atoms with Gasteiger partial charge in [-0.2, -0.15) is 0 Å². The number of likely N-dealkylation sites (tertiary alicyclic amines) is 1. The first-order valence-corrected chi connectivity index (χ1v) is 12.0. The molecule has 174 valence electrons. The van der Waals surface area contributed by atoms with Crippen molar-refractivity contribution in [2.24, 2.45) is 5.92 Å². The summed E-state index contributed by atoms with van der Waals surface area (Å²) in [7, 11) is 0. The van der Waals surface area contributed by atoms with E-state index in [1.54, 1.807) is 0 Å². The van der Waals surface area contributed by atoms with Gasteiger partial charge in [0.1, 0.15) is 11.4 Å². The van der Waals surface area contributed by atoms with Crippen LogP contribution in [0.4, 0.5) is 5.69 Å². The summed E-state index contributed by atoms with van der Waals surface area (Å²) in [6.07, 6.45) is 2.23. The average Bonchev–Trinajstić information content (AvgIpc) is 3.04. The number of hydrogen-bond donors (Lipinski definition) is 0. The monoisotopic (exact) mass is 446 g/mol. The number of hydrogen-bond acceptors (Lipinski definition) is 4. The third-order valence-electron chi connectivity index (χ3n) is 6.37. The first kappa shape index (κ1) is 23.1. The molecule has 0 N–H and O–H groups in total. The highest BCUT2D eigenvalue weighted by Gasteiger charge is 2.43. The number of anilines is 1. The lowest BCUT2D eigenvalue weighted by Crippen LogP contribution is -2.39. The van der Waals surface area contributed by atoms with Crippen LogP contribution in [0.2, 0.25) is 0 Å². The van der Waals surface area contributed by atoms with E-state index in [2.05, 4.69) is 25.7 Å². The number of rotatable bonds is 6. The van der Waals surface area contributed by atoms with Gasteiger partial charge in [0.05, 0.1) is 17.4 Å². The molecule has 5 heteroatoms. The topological polar surface area (TPSA) is 49.9 Å². The minimum absolute atomic E-state index is 0.0689. The van der Waals surface area contributed by atoms with Crippen molar-refractivity contribution in [2.45, 2.75) is 59.5 Å². The third kappa shape index (κ3) is 4.68. The molecule has 0 bridgehead atoms. The van der Waals surface area contributed by atoms with Gasteiger partial charge in [0.2, 0.25) is 0 Å². The number of ether oxygens (including phenoxy) is 1. The Morgan fingerprint density at radius 2 is 1.58 bits per heavy atom. The minimum atomic E-state index is -0.261. The van der Waals surface area contributed by atoms with E-state index in [0.717, 1.165) is 37.2 Å². The van der Waals surface area contributed by atoms with Crippen LogP contribution >= 0.6 is 0 Å². The zero-order valence-electron chi connectivity index (χ0n) is 20.3. The lowest BCUT2D eigenvalue weighted by Gasteiger charge is -2.33. The molecule has 4 rings (SSSR count). The van der Waals surface area contributed by atoms with Crippen molar-refractivity contribution >= 4 is 23.1 Å². The van der Waals surface area contributed by atoms with Crippen molar-refractivity contribution in [2.75, 3.05) is 18.0 Å². The Hall–Kier alpha value is -3.08. The molecule has 1 saturated heterocycles. The number of nitrogens with zero attached hydrogens (tertiary/aromatic N) is 2. The zero-order valence-corrected chi connectivity index (χ0v) is 20.3. The maximum Gasteiger partial charge on any atom is 0.282 e. The van der Waals surface area contributed by atoms with Gasteiger partial charge >= 0.3 is 0 Å². The number of imide groups is 1. The van der Waals surface area contributed by atoms with Gasteiger partial charge < -0.3 is 9.64 Å². The van der Waals surface area contributed by atoms with Crippen LogP contribution in [0, 0.1) is 5.92 Å². The van der Waals surface area contributed by atoms with Crippen LogP contribution in [-0.2, 0) is 9.59 Å². The fourth-order valence-corrected chi connectivity index (χ4v) is 4.68. The van der Waals surface area contributed by atoms with E-state index in [-0.39, 0.29) is 17.9 Å². The van der Waals surface area contributed by atoms with Crippen LogP contribution in [0.1, 0.15) is 64.5 Å². The van der Waals surface area contributed by atoms with E-state index in [0.29, 0.717) is 28.8 Å². The number of piperidine rings is 1. The van der Waals surface area contributed by atoms with Gasteiger partial charge in [-0.15, -0.1) is 0 Å². The molecule has 0 aliphatic carbocycles. The van der Waals surface area contributed by atoms with Crippen molar-refractivity contribution in [3.05, 3.63) is 65.4 Å². The standard InChI is InChI=1S/C28H34N2O3/c1-18(2)21-8-12-23(13-9-21)30-27(31)25(22-10-14-24(15-11-22)33-19(3)4)26(28(30)32)29-16-6-7-20(5)17-29/h8-15,18-20H,6-7,16-17H2,1-5H3. The molecule has 5 nitrogen and oxygen atoms in total. The molecule has 0 aromatic heterocycles. The summed E-state index contributed by atoms with van der Waals surface area (Å²) in [4.78, 5) is 30.9. The molecule has 0 saturated carbocycles. The van der Waals surface area contributed by atoms with Gasteiger partial charge in [0, 0.05) is 13.1 Å². The Labute approximate surface area is 197 Å². The second-order valence-electron chi connectivity index (χ2n) is 9.80. The third-order valence-corrected chi connectivity index (χ3v) is 6.37. The highest BCUT2D eigenvalue weighted by atomic mass is 16.5. The maximum absolute atomic E-state index is 13.7. The van der Waals surface area contributed by atoms with Gasteiger partial charge in [-0.05, 0) is 73.9 Å². The maximum atomic E-state index is 13.7. The van der Waals surface area contributed by atoms with E-state index in [4.69, 9.17) is 4.74 Å². The molecule has 2 aromatic rings. The summed E-state index contributed by atoms with van der Waals surface area (Å²) in [5.74, 6) is 1.12. The largest absolute Gasteiger partial charge is 0.491 e. The van der Waals surface area contributed by atoms with Crippen molar-refractivity contribution < 1.29 is 14.3 Å². The molecule has 1 atom stereocenters. The number of amides is 2. The molecular weight excluding hydrogens is 412 g/mol. The molecular formula is C28H34N2O3. The van der Waals surface area contributed by atoms with Crippen molar-refractivity contribution in [3.63, 3.8) is 0 Å². The molecule has 2 aromatic carbocycles. The number of carbonyl (C=O) groups excluding carboxylic acids is 2. The molecule has 33 heavy (non-hydrogen) atoms. The molecule has 0 radical (unpaired) electrons. The van der Waals surface area contributed by atoms with Gasteiger partial charge in [0.15, 0.2) is 0 Å². The Morgan fingerprint density at radius 1 is 0.909 bits per heavy atom. The fraction of sp³-hybridized carbons (Fsp3) is 0.429. The SMILES string of the molecule is CC1CCCN(C2=C(c3ccc(OC(C)C)cc3)C(=O)N(c3ccc(C(C)C)cc3)C2=O)C1. The molecule has 2 aliphatic rings. The smallest absolute Gasteiger partial charge is 0.282 e. The van der Waals surface area contributed by atoms with E-state index in [1.165, 1.54) is 10.5 Å². The Bertz CT molecular complexity index is 1050. The summed E-state index contributed by atoms with van der Waals surface area (Å²) in [5, 5.41) is 0. The van der Waals surface area contributed by atoms with E-state index >= 15 is 0 Å². The van der Waals surface area contributed by atoms with Crippen LogP contribution in [-0.4, -0.2) is 35.9 Å².